The first kappa shape index (κ1) is 20.0. The van der Waals surface area contributed by atoms with Crippen molar-refractivity contribution in [2.75, 3.05) is 0 Å². The van der Waals surface area contributed by atoms with Gasteiger partial charge in [0.2, 0.25) is 0 Å². The third kappa shape index (κ3) is 5.85. The van der Waals surface area contributed by atoms with Gasteiger partial charge in [0.1, 0.15) is 11.5 Å². The van der Waals surface area contributed by atoms with Crippen molar-refractivity contribution in [2.24, 2.45) is 0 Å². The van der Waals surface area contributed by atoms with Gasteiger partial charge in [-0.3, -0.25) is 4.98 Å². The van der Waals surface area contributed by atoms with E-state index >= 15 is 0 Å². The van der Waals surface area contributed by atoms with E-state index in [-0.39, 0.29) is 5.38 Å². The van der Waals surface area contributed by atoms with Gasteiger partial charge in [-0.15, -0.1) is 11.6 Å². The quantitative estimate of drug-likeness (QED) is 0.344. The van der Waals surface area contributed by atoms with Crippen LogP contribution in [0.1, 0.15) is 81.7 Å². The maximum atomic E-state index is 6.53. The molecule has 2 unspecified atom stereocenters. The molecule has 0 amide bonds. The monoisotopic (exact) mass is 362 g/mol. The van der Waals surface area contributed by atoms with Crippen LogP contribution in [0, 0.1) is 13.8 Å². The highest BCUT2D eigenvalue weighted by Gasteiger charge is 2.21. The summed E-state index contributed by atoms with van der Waals surface area (Å²) in [6.45, 7) is 8.46. The molecular weight excluding hydrogens is 332 g/mol. The van der Waals surface area contributed by atoms with Gasteiger partial charge in [-0.2, -0.15) is 0 Å². The van der Waals surface area contributed by atoms with Crippen LogP contribution in [0.3, 0.4) is 0 Å². The second-order valence-electron chi connectivity index (χ2n) is 7.11. The maximum Gasteiger partial charge on any atom is 0.137 e. The van der Waals surface area contributed by atoms with E-state index in [9.17, 15) is 0 Å². The lowest BCUT2D eigenvalue weighted by atomic mass is 9.91. The van der Waals surface area contributed by atoms with Crippen LogP contribution in [-0.4, -0.2) is 15.5 Å². The number of pyridine rings is 1. The smallest absolute Gasteiger partial charge is 0.137 e. The standard InChI is InChI=1S/C21H31ClN2O/c1-5-6-7-8-9-19(22)13-10-15(2)20-17(4)25-24-21(20)18-12-11-16(3)23-14-18/h11-12,14-15,19H,5-10,13H2,1-4H3. The van der Waals surface area contributed by atoms with Crippen molar-refractivity contribution in [3.63, 3.8) is 0 Å². The molecule has 0 aliphatic rings. The van der Waals surface area contributed by atoms with Crippen molar-refractivity contribution in [2.45, 2.75) is 83.9 Å². The molecule has 0 N–H and O–H groups in total. The molecule has 4 heteroatoms. The first-order valence-electron chi connectivity index (χ1n) is 9.56. The average molecular weight is 363 g/mol. The van der Waals surface area contributed by atoms with E-state index in [4.69, 9.17) is 16.1 Å². The minimum atomic E-state index is 0.268. The summed E-state index contributed by atoms with van der Waals surface area (Å²) in [5.74, 6) is 1.27. The summed E-state index contributed by atoms with van der Waals surface area (Å²) in [6, 6.07) is 4.08. The van der Waals surface area contributed by atoms with Crippen LogP contribution < -0.4 is 0 Å². The molecule has 0 saturated carbocycles. The molecular formula is C21H31ClN2O. The van der Waals surface area contributed by atoms with Crippen LogP contribution in [0.4, 0.5) is 0 Å². The van der Waals surface area contributed by atoms with Gasteiger partial charge in [0.05, 0.1) is 0 Å². The van der Waals surface area contributed by atoms with E-state index in [1.165, 1.54) is 31.2 Å². The zero-order valence-electron chi connectivity index (χ0n) is 16.0. The number of nitrogens with zero attached hydrogens (tertiary/aromatic N) is 2. The molecule has 2 aromatic heterocycles. The molecule has 2 rings (SSSR count). The highest BCUT2D eigenvalue weighted by Crippen LogP contribution is 2.34. The molecule has 2 heterocycles. The fraction of sp³-hybridized carbons (Fsp3) is 0.619. The number of hydrogen-bond acceptors (Lipinski definition) is 3. The summed E-state index contributed by atoms with van der Waals surface area (Å²) >= 11 is 6.53. The molecule has 0 aromatic carbocycles. The molecule has 3 nitrogen and oxygen atoms in total. The number of aromatic nitrogens is 2. The zero-order chi connectivity index (χ0) is 18.2. The maximum absolute atomic E-state index is 6.53. The number of aryl methyl sites for hydroxylation is 2. The lowest BCUT2D eigenvalue weighted by Crippen LogP contribution is -2.04. The average Bonchev–Trinajstić information content (AvgIpc) is 2.99. The van der Waals surface area contributed by atoms with E-state index in [1.54, 1.807) is 0 Å². The molecule has 0 saturated heterocycles. The Labute approximate surface area is 157 Å². The van der Waals surface area contributed by atoms with Gasteiger partial charge in [-0.25, -0.2) is 0 Å². The van der Waals surface area contributed by atoms with E-state index in [0.29, 0.717) is 5.92 Å². The Hall–Kier alpha value is -1.35. The highest BCUT2D eigenvalue weighted by atomic mass is 35.5. The summed E-state index contributed by atoms with van der Waals surface area (Å²) in [6.07, 6.45) is 10.2. The Morgan fingerprint density at radius 2 is 1.88 bits per heavy atom. The molecule has 138 valence electrons. The van der Waals surface area contributed by atoms with Crippen LogP contribution in [0.25, 0.3) is 11.3 Å². The topological polar surface area (TPSA) is 38.9 Å². The summed E-state index contributed by atoms with van der Waals surface area (Å²) < 4.78 is 5.49. The van der Waals surface area contributed by atoms with Crippen molar-refractivity contribution in [1.82, 2.24) is 10.1 Å². The summed E-state index contributed by atoms with van der Waals surface area (Å²) in [4.78, 5) is 4.39. The minimum Gasteiger partial charge on any atom is -0.361 e. The normalized spacial score (nSPS) is 13.8. The van der Waals surface area contributed by atoms with Crippen LogP contribution in [0.2, 0.25) is 0 Å². The molecule has 2 atom stereocenters. The Bertz CT molecular complexity index is 636. The van der Waals surface area contributed by atoms with Crippen molar-refractivity contribution in [1.29, 1.82) is 0 Å². The van der Waals surface area contributed by atoms with Gasteiger partial charge in [0, 0.05) is 28.4 Å². The van der Waals surface area contributed by atoms with Crippen LogP contribution in [-0.2, 0) is 0 Å². The van der Waals surface area contributed by atoms with E-state index in [2.05, 4.69) is 30.1 Å². The fourth-order valence-electron chi connectivity index (χ4n) is 3.29. The molecule has 0 bridgehead atoms. The summed E-state index contributed by atoms with van der Waals surface area (Å²) in [5.41, 5.74) is 4.14. The van der Waals surface area contributed by atoms with Crippen LogP contribution >= 0.6 is 11.6 Å². The lowest BCUT2D eigenvalue weighted by Gasteiger charge is -2.15. The second kappa shape index (κ2) is 9.96. The van der Waals surface area contributed by atoms with Gasteiger partial charge >= 0.3 is 0 Å². The fourth-order valence-corrected chi connectivity index (χ4v) is 3.57. The number of hydrogen-bond donors (Lipinski definition) is 0. The van der Waals surface area contributed by atoms with E-state index in [0.717, 1.165) is 42.0 Å². The van der Waals surface area contributed by atoms with Crippen molar-refractivity contribution >= 4 is 11.6 Å². The van der Waals surface area contributed by atoms with Crippen LogP contribution in [0.5, 0.6) is 0 Å². The molecule has 25 heavy (non-hydrogen) atoms. The third-order valence-corrected chi connectivity index (χ3v) is 5.31. The molecule has 0 radical (unpaired) electrons. The predicted molar refractivity (Wildman–Crippen MR) is 105 cm³/mol. The lowest BCUT2D eigenvalue weighted by molar-refractivity contribution is 0.396. The number of alkyl halides is 1. The van der Waals surface area contributed by atoms with Gasteiger partial charge in [0.15, 0.2) is 0 Å². The minimum absolute atomic E-state index is 0.268. The zero-order valence-corrected chi connectivity index (χ0v) is 16.8. The predicted octanol–water partition coefficient (Wildman–Crippen LogP) is 6.81. The number of halogens is 1. The van der Waals surface area contributed by atoms with E-state index < -0.39 is 0 Å². The Morgan fingerprint density at radius 1 is 1.08 bits per heavy atom. The largest absolute Gasteiger partial charge is 0.361 e. The molecule has 0 spiro atoms. The first-order valence-corrected chi connectivity index (χ1v) is 9.99. The van der Waals surface area contributed by atoms with Crippen LogP contribution in [0.15, 0.2) is 22.9 Å². The molecule has 0 aliphatic heterocycles. The Kier molecular flexibility index (Phi) is 7.95. The van der Waals surface area contributed by atoms with Crippen molar-refractivity contribution in [3.8, 4) is 11.3 Å². The SMILES string of the molecule is CCCCCCC(Cl)CCC(C)c1c(-c2ccc(C)nc2)noc1C. The Balaban J connectivity index is 1.96. The first-order chi connectivity index (χ1) is 12.0. The van der Waals surface area contributed by atoms with E-state index in [1.807, 2.05) is 26.1 Å². The van der Waals surface area contributed by atoms with Gasteiger partial charge in [-0.05, 0) is 51.2 Å². The highest BCUT2D eigenvalue weighted by molar-refractivity contribution is 6.20. The van der Waals surface area contributed by atoms with Gasteiger partial charge in [-0.1, -0.05) is 44.7 Å². The Morgan fingerprint density at radius 3 is 2.56 bits per heavy atom. The number of rotatable bonds is 10. The van der Waals surface area contributed by atoms with Crippen molar-refractivity contribution < 1.29 is 4.52 Å². The second-order valence-corrected chi connectivity index (χ2v) is 7.73. The summed E-state index contributed by atoms with van der Waals surface area (Å²) in [7, 11) is 0. The summed E-state index contributed by atoms with van der Waals surface area (Å²) in [5, 5.41) is 4.55. The number of unbranched alkanes of at least 4 members (excludes halogenated alkanes) is 3. The van der Waals surface area contributed by atoms with Gasteiger partial charge in [0.25, 0.3) is 0 Å². The van der Waals surface area contributed by atoms with Gasteiger partial charge < -0.3 is 4.52 Å². The molecule has 0 aliphatic carbocycles. The van der Waals surface area contributed by atoms with Crippen molar-refractivity contribution in [3.05, 3.63) is 35.3 Å². The molecule has 0 fully saturated rings. The molecule has 2 aromatic rings. The third-order valence-electron chi connectivity index (χ3n) is 4.87.